The van der Waals surface area contributed by atoms with Crippen LogP contribution < -0.4 is 5.32 Å². The third-order valence-corrected chi connectivity index (χ3v) is 3.77. The van der Waals surface area contributed by atoms with Crippen molar-refractivity contribution < 1.29 is 4.39 Å². The summed E-state index contributed by atoms with van der Waals surface area (Å²) < 4.78 is 13.9. The molecule has 0 aliphatic carbocycles. The smallest absolute Gasteiger partial charge is 0.146 e. The first-order valence-corrected chi connectivity index (χ1v) is 6.94. The minimum absolute atomic E-state index is 0.148. The topological polar surface area (TPSA) is 24.9 Å². The molecule has 1 unspecified atom stereocenters. The Bertz CT molecular complexity index is 510. The lowest BCUT2D eigenvalue weighted by Gasteiger charge is -2.17. The SMILES string of the molecule is CCCNC(c1ccc(C)s1)c1ncccc1F. The highest BCUT2D eigenvalue weighted by atomic mass is 32.1. The van der Waals surface area contributed by atoms with Crippen LogP contribution in [0.1, 0.15) is 34.8 Å². The number of hydrogen-bond acceptors (Lipinski definition) is 3. The molecule has 2 aromatic rings. The fraction of sp³-hybridized carbons (Fsp3) is 0.357. The molecule has 1 N–H and O–H groups in total. The van der Waals surface area contributed by atoms with E-state index in [9.17, 15) is 4.39 Å². The molecular formula is C14H17FN2S. The van der Waals surface area contributed by atoms with Crippen LogP contribution in [0.3, 0.4) is 0 Å². The van der Waals surface area contributed by atoms with Crippen molar-refractivity contribution >= 4 is 11.3 Å². The fourth-order valence-corrected chi connectivity index (χ4v) is 2.80. The van der Waals surface area contributed by atoms with Gasteiger partial charge in [-0.3, -0.25) is 4.98 Å². The van der Waals surface area contributed by atoms with Crippen LogP contribution in [0.25, 0.3) is 0 Å². The van der Waals surface area contributed by atoms with Gasteiger partial charge in [0.15, 0.2) is 0 Å². The largest absolute Gasteiger partial charge is 0.304 e. The van der Waals surface area contributed by atoms with Crippen molar-refractivity contribution in [1.29, 1.82) is 0 Å². The van der Waals surface area contributed by atoms with E-state index in [1.807, 2.05) is 6.07 Å². The van der Waals surface area contributed by atoms with Crippen molar-refractivity contribution in [2.45, 2.75) is 26.3 Å². The Labute approximate surface area is 111 Å². The van der Waals surface area contributed by atoms with Crippen molar-refractivity contribution in [1.82, 2.24) is 10.3 Å². The van der Waals surface area contributed by atoms with Gasteiger partial charge in [0.1, 0.15) is 5.82 Å². The van der Waals surface area contributed by atoms with Crippen molar-refractivity contribution in [3.8, 4) is 0 Å². The molecule has 96 valence electrons. The highest BCUT2D eigenvalue weighted by Crippen LogP contribution is 2.28. The Morgan fingerprint density at radius 2 is 2.22 bits per heavy atom. The lowest BCUT2D eigenvalue weighted by atomic mass is 10.1. The second-order valence-electron chi connectivity index (χ2n) is 4.21. The molecular weight excluding hydrogens is 247 g/mol. The highest BCUT2D eigenvalue weighted by Gasteiger charge is 2.19. The lowest BCUT2D eigenvalue weighted by Crippen LogP contribution is -2.24. The number of aryl methyl sites for hydroxylation is 1. The molecule has 0 saturated carbocycles. The number of thiophene rings is 1. The Kier molecular flexibility index (Phi) is 4.44. The number of halogens is 1. The van der Waals surface area contributed by atoms with Gasteiger partial charge in [-0.2, -0.15) is 0 Å². The number of nitrogens with one attached hydrogen (secondary N) is 1. The van der Waals surface area contributed by atoms with Crippen LogP contribution in [-0.2, 0) is 0 Å². The third kappa shape index (κ3) is 2.94. The van der Waals surface area contributed by atoms with E-state index in [0.717, 1.165) is 17.8 Å². The minimum Gasteiger partial charge on any atom is -0.304 e. The van der Waals surface area contributed by atoms with Crippen molar-refractivity contribution in [2.24, 2.45) is 0 Å². The summed E-state index contributed by atoms with van der Waals surface area (Å²) in [7, 11) is 0. The summed E-state index contributed by atoms with van der Waals surface area (Å²) in [6.07, 6.45) is 2.65. The van der Waals surface area contributed by atoms with E-state index in [1.54, 1.807) is 23.6 Å². The molecule has 0 aliphatic rings. The zero-order chi connectivity index (χ0) is 13.0. The maximum atomic E-state index is 13.9. The van der Waals surface area contributed by atoms with Crippen LogP contribution in [0.15, 0.2) is 30.5 Å². The summed E-state index contributed by atoms with van der Waals surface area (Å²) in [5.74, 6) is -0.253. The van der Waals surface area contributed by atoms with E-state index in [2.05, 4.69) is 30.2 Å². The molecule has 0 radical (unpaired) electrons. The summed E-state index contributed by atoms with van der Waals surface area (Å²) in [6, 6.07) is 7.03. The van der Waals surface area contributed by atoms with E-state index in [4.69, 9.17) is 0 Å². The first kappa shape index (κ1) is 13.2. The highest BCUT2D eigenvalue weighted by molar-refractivity contribution is 7.12. The summed E-state index contributed by atoms with van der Waals surface area (Å²) in [5, 5.41) is 3.36. The predicted octanol–water partition coefficient (Wildman–Crippen LogP) is 3.68. The molecule has 0 aromatic carbocycles. The van der Waals surface area contributed by atoms with Gasteiger partial charge in [0.2, 0.25) is 0 Å². The van der Waals surface area contributed by atoms with Gasteiger partial charge in [0, 0.05) is 16.0 Å². The van der Waals surface area contributed by atoms with Gasteiger partial charge in [-0.05, 0) is 44.2 Å². The van der Waals surface area contributed by atoms with Gasteiger partial charge in [0.05, 0.1) is 11.7 Å². The predicted molar refractivity (Wildman–Crippen MR) is 73.4 cm³/mol. The minimum atomic E-state index is -0.253. The van der Waals surface area contributed by atoms with Gasteiger partial charge in [-0.25, -0.2) is 4.39 Å². The summed E-state index contributed by atoms with van der Waals surface area (Å²) >= 11 is 1.68. The Morgan fingerprint density at radius 1 is 1.39 bits per heavy atom. The van der Waals surface area contributed by atoms with Crippen LogP contribution in [0.4, 0.5) is 4.39 Å². The van der Waals surface area contributed by atoms with E-state index in [-0.39, 0.29) is 11.9 Å². The molecule has 2 aromatic heterocycles. The average molecular weight is 264 g/mol. The van der Waals surface area contributed by atoms with Crippen molar-refractivity contribution in [3.05, 3.63) is 51.7 Å². The molecule has 0 aliphatic heterocycles. The monoisotopic (exact) mass is 264 g/mol. The van der Waals surface area contributed by atoms with Crippen molar-refractivity contribution in [3.63, 3.8) is 0 Å². The number of hydrogen-bond donors (Lipinski definition) is 1. The molecule has 0 fully saturated rings. The van der Waals surface area contributed by atoms with Gasteiger partial charge >= 0.3 is 0 Å². The van der Waals surface area contributed by atoms with E-state index in [1.165, 1.54) is 10.9 Å². The van der Waals surface area contributed by atoms with Crippen LogP contribution >= 0.6 is 11.3 Å². The molecule has 2 rings (SSSR count). The summed E-state index contributed by atoms with van der Waals surface area (Å²) in [6.45, 7) is 5.00. The fourth-order valence-electron chi connectivity index (χ4n) is 1.84. The zero-order valence-electron chi connectivity index (χ0n) is 10.6. The first-order valence-electron chi connectivity index (χ1n) is 6.12. The molecule has 0 saturated heterocycles. The quantitative estimate of drug-likeness (QED) is 0.891. The Morgan fingerprint density at radius 3 is 2.83 bits per heavy atom. The standard InChI is InChI=1S/C14H17FN2S/c1-3-8-16-14(12-7-6-10(2)18-12)13-11(15)5-4-9-17-13/h4-7,9,14,16H,3,8H2,1-2H3. The number of rotatable bonds is 5. The molecule has 0 spiro atoms. The molecule has 2 heterocycles. The second-order valence-corrected chi connectivity index (χ2v) is 5.53. The Balaban J connectivity index is 2.33. The number of pyridine rings is 1. The van der Waals surface area contributed by atoms with Crippen LogP contribution in [-0.4, -0.2) is 11.5 Å². The molecule has 0 amide bonds. The van der Waals surface area contributed by atoms with Crippen molar-refractivity contribution in [2.75, 3.05) is 6.54 Å². The first-order chi connectivity index (χ1) is 8.72. The van der Waals surface area contributed by atoms with Crippen LogP contribution in [0, 0.1) is 12.7 Å². The van der Waals surface area contributed by atoms with E-state index >= 15 is 0 Å². The molecule has 0 bridgehead atoms. The van der Waals surface area contributed by atoms with Gasteiger partial charge in [0.25, 0.3) is 0 Å². The van der Waals surface area contributed by atoms with Crippen LogP contribution in [0.2, 0.25) is 0 Å². The van der Waals surface area contributed by atoms with Gasteiger partial charge in [-0.1, -0.05) is 6.92 Å². The summed E-state index contributed by atoms with van der Waals surface area (Å²) in [5.41, 5.74) is 0.479. The molecule has 2 nitrogen and oxygen atoms in total. The number of nitrogens with zero attached hydrogens (tertiary/aromatic N) is 1. The van der Waals surface area contributed by atoms with E-state index in [0.29, 0.717) is 5.69 Å². The maximum absolute atomic E-state index is 13.9. The lowest BCUT2D eigenvalue weighted by molar-refractivity contribution is 0.536. The molecule has 4 heteroatoms. The van der Waals surface area contributed by atoms with Crippen LogP contribution in [0.5, 0.6) is 0 Å². The number of aromatic nitrogens is 1. The zero-order valence-corrected chi connectivity index (χ0v) is 11.4. The third-order valence-electron chi connectivity index (χ3n) is 2.70. The summed E-state index contributed by atoms with van der Waals surface area (Å²) in [4.78, 5) is 6.52. The molecule has 18 heavy (non-hydrogen) atoms. The second kappa shape index (κ2) is 6.07. The average Bonchev–Trinajstić information content (AvgIpc) is 2.78. The van der Waals surface area contributed by atoms with Gasteiger partial charge in [-0.15, -0.1) is 11.3 Å². The maximum Gasteiger partial charge on any atom is 0.146 e. The molecule has 1 atom stereocenters. The van der Waals surface area contributed by atoms with Gasteiger partial charge < -0.3 is 5.32 Å². The van der Waals surface area contributed by atoms with E-state index < -0.39 is 0 Å². The normalized spacial score (nSPS) is 12.6. The Hall–Kier alpha value is -1.26.